The largest absolute Gasteiger partial charge is 0.467 e. The highest BCUT2D eigenvalue weighted by molar-refractivity contribution is 5.84. The zero-order valence-corrected chi connectivity index (χ0v) is 19.7. The third kappa shape index (κ3) is 7.85. The van der Waals surface area contributed by atoms with Crippen LogP contribution in [0.3, 0.4) is 0 Å². The van der Waals surface area contributed by atoms with Gasteiger partial charge in [0, 0.05) is 19.5 Å². The first-order valence-electron chi connectivity index (χ1n) is 12.1. The molecule has 2 aromatic rings. The monoisotopic (exact) mass is 438 g/mol. The average Bonchev–Trinajstić information content (AvgIpc) is 3.49. The molecule has 32 heavy (non-hydrogen) atoms. The Balaban J connectivity index is 1.63. The van der Waals surface area contributed by atoms with E-state index in [9.17, 15) is 9.59 Å². The van der Waals surface area contributed by atoms with Crippen LogP contribution in [0, 0.1) is 11.8 Å². The summed E-state index contributed by atoms with van der Waals surface area (Å²) in [5, 5.41) is 0. The molecule has 0 N–H and O–H groups in total. The second kappa shape index (κ2) is 12.5. The smallest absolute Gasteiger partial charge is 0.242 e. The number of nitrogens with zero attached hydrogens (tertiary/aromatic N) is 2. The second-order valence-corrected chi connectivity index (χ2v) is 9.49. The zero-order valence-electron chi connectivity index (χ0n) is 19.7. The summed E-state index contributed by atoms with van der Waals surface area (Å²) < 4.78 is 5.50. The van der Waals surface area contributed by atoms with Gasteiger partial charge >= 0.3 is 0 Å². The minimum absolute atomic E-state index is 0.0211. The van der Waals surface area contributed by atoms with E-state index in [2.05, 4.69) is 26.0 Å². The Kier molecular flexibility index (Phi) is 9.39. The number of carbonyl (C=O) groups is 2. The van der Waals surface area contributed by atoms with Gasteiger partial charge < -0.3 is 14.2 Å². The Morgan fingerprint density at radius 1 is 1.00 bits per heavy atom. The molecule has 0 atom stereocenters. The number of amides is 2. The van der Waals surface area contributed by atoms with Crippen LogP contribution in [0.2, 0.25) is 0 Å². The Hall–Kier alpha value is -2.56. The van der Waals surface area contributed by atoms with E-state index < -0.39 is 0 Å². The minimum Gasteiger partial charge on any atom is -0.467 e. The van der Waals surface area contributed by atoms with E-state index in [0.29, 0.717) is 37.9 Å². The van der Waals surface area contributed by atoms with Crippen LogP contribution in [0.5, 0.6) is 0 Å². The molecule has 1 aromatic carbocycles. The number of benzene rings is 1. The van der Waals surface area contributed by atoms with Crippen LogP contribution >= 0.6 is 0 Å². The van der Waals surface area contributed by atoms with Gasteiger partial charge in [0.05, 0.1) is 19.4 Å². The average molecular weight is 439 g/mol. The molecule has 0 bridgehead atoms. The van der Waals surface area contributed by atoms with Crippen molar-refractivity contribution in [2.24, 2.45) is 11.8 Å². The van der Waals surface area contributed by atoms with Crippen LogP contribution in [0.4, 0.5) is 0 Å². The van der Waals surface area contributed by atoms with Gasteiger partial charge in [0.25, 0.3) is 0 Å². The SMILES string of the molecule is CC(C)CN(CC(=O)N(CCc1ccccc1)Cc1ccco1)C(=O)CCC1CCCC1. The van der Waals surface area contributed by atoms with E-state index in [1.54, 1.807) is 11.2 Å². The predicted molar refractivity (Wildman–Crippen MR) is 127 cm³/mol. The molecule has 3 rings (SSSR count). The first kappa shape index (κ1) is 24.1. The van der Waals surface area contributed by atoms with Crippen molar-refractivity contribution in [2.45, 2.75) is 65.3 Å². The summed E-state index contributed by atoms with van der Waals surface area (Å²) in [6, 6.07) is 13.9. The highest BCUT2D eigenvalue weighted by atomic mass is 16.3. The van der Waals surface area contributed by atoms with Gasteiger partial charge in [0.15, 0.2) is 0 Å². The molecule has 0 unspecified atom stereocenters. The molecular weight excluding hydrogens is 400 g/mol. The fourth-order valence-corrected chi connectivity index (χ4v) is 4.53. The molecule has 5 nitrogen and oxygen atoms in total. The molecule has 1 heterocycles. The normalized spacial score (nSPS) is 14.1. The molecule has 1 aromatic heterocycles. The van der Waals surface area contributed by atoms with E-state index in [-0.39, 0.29) is 18.4 Å². The van der Waals surface area contributed by atoms with E-state index in [4.69, 9.17) is 4.42 Å². The van der Waals surface area contributed by atoms with Crippen LogP contribution in [-0.2, 0) is 22.6 Å². The molecule has 0 aliphatic heterocycles. The van der Waals surface area contributed by atoms with Gasteiger partial charge in [-0.15, -0.1) is 0 Å². The van der Waals surface area contributed by atoms with E-state index in [0.717, 1.165) is 18.6 Å². The Bertz CT molecular complexity index is 811. The maximum atomic E-state index is 13.3. The van der Waals surface area contributed by atoms with Crippen molar-refractivity contribution in [1.82, 2.24) is 9.80 Å². The third-order valence-electron chi connectivity index (χ3n) is 6.30. The van der Waals surface area contributed by atoms with Gasteiger partial charge in [0.1, 0.15) is 5.76 Å². The second-order valence-electron chi connectivity index (χ2n) is 9.49. The summed E-state index contributed by atoms with van der Waals surface area (Å²) in [5.41, 5.74) is 1.19. The number of hydrogen-bond donors (Lipinski definition) is 0. The fraction of sp³-hybridized carbons (Fsp3) is 0.556. The summed E-state index contributed by atoms with van der Waals surface area (Å²) in [7, 11) is 0. The Morgan fingerprint density at radius 2 is 1.75 bits per heavy atom. The number of rotatable bonds is 12. The maximum Gasteiger partial charge on any atom is 0.242 e. The zero-order chi connectivity index (χ0) is 22.8. The molecule has 1 fully saturated rings. The van der Waals surface area contributed by atoms with Gasteiger partial charge in [-0.25, -0.2) is 0 Å². The van der Waals surface area contributed by atoms with Gasteiger partial charge in [-0.1, -0.05) is 69.9 Å². The maximum absolute atomic E-state index is 13.3. The summed E-state index contributed by atoms with van der Waals surface area (Å²) in [6.45, 7) is 5.95. The van der Waals surface area contributed by atoms with Crippen molar-refractivity contribution in [2.75, 3.05) is 19.6 Å². The molecule has 1 saturated carbocycles. The van der Waals surface area contributed by atoms with E-state index >= 15 is 0 Å². The Labute approximate surface area is 192 Å². The van der Waals surface area contributed by atoms with Crippen LogP contribution in [0.25, 0.3) is 0 Å². The molecule has 2 amide bonds. The van der Waals surface area contributed by atoms with Crippen LogP contribution in [0.1, 0.15) is 63.7 Å². The summed E-state index contributed by atoms with van der Waals surface area (Å²) in [4.78, 5) is 30.0. The molecular formula is C27H38N2O3. The number of carbonyl (C=O) groups excluding carboxylic acids is 2. The van der Waals surface area contributed by atoms with Crippen molar-refractivity contribution in [3.05, 3.63) is 60.1 Å². The van der Waals surface area contributed by atoms with Crippen LogP contribution in [-0.4, -0.2) is 41.2 Å². The molecule has 1 aliphatic carbocycles. The number of hydrogen-bond acceptors (Lipinski definition) is 3. The van der Waals surface area contributed by atoms with Gasteiger partial charge in [0.2, 0.25) is 11.8 Å². The number of furan rings is 1. The summed E-state index contributed by atoms with van der Waals surface area (Å²) in [5.74, 6) is 1.85. The van der Waals surface area contributed by atoms with Crippen LogP contribution < -0.4 is 0 Å². The van der Waals surface area contributed by atoms with Crippen molar-refractivity contribution in [3.63, 3.8) is 0 Å². The molecule has 1 aliphatic rings. The first-order chi connectivity index (χ1) is 15.5. The molecule has 0 saturated heterocycles. The summed E-state index contributed by atoms with van der Waals surface area (Å²) >= 11 is 0. The predicted octanol–water partition coefficient (Wildman–Crippen LogP) is 5.31. The van der Waals surface area contributed by atoms with Crippen LogP contribution in [0.15, 0.2) is 53.1 Å². The molecule has 0 spiro atoms. The first-order valence-corrected chi connectivity index (χ1v) is 12.1. The third-order valence-corrected chi connectivity index (χ3v) is 6.30. The molecule has 174 valence electrons. The minimum atomic E-state index is -0.0211. The van der Waals surface area contributed by atoms with Gasteiger partial charge in [-0.2, -0.15) is 0 Å². The van der Waals surface area contributed by atoms with E-state index in [1.165, 1.54) is 31.2 Å². The van der Waals surface area contributed by atoms with Gasteiger partial charge in [-0.3, -0.25) is 9.59 Å². The standard InChI is InChI=1S/C27H38N2O3/c1-22(2)19-29(26(30)15-14-23-11-6-7-12-23)21-27(31)28(20-25-13-8-18-32-25)17-16-24-9-4-3-5-10-24/h3-5,8-10,13,18,22-23H,6-7,11-12,14-17,19-21H2,1-2H3. The van der Waals surface area contributed by atoms with Crippen molar-refractivity contribution >= 4 is 11.8 Å². The highest BCUT2D eigenvalue weighted by Crippen LogP contribution is 2.28. The quantitative estimate of drug-likeness (QED) is 0.451. The summed E-state index contributed by atoms with van der Waals surface area (Å²) in [6.07, 6.45) is 8.96. The molecule has 5 heteroatoms. The molecule has 0 radical (unpaired) electrons. The highest BCUT2D eigenvalue weighted by Gasteiger charge is 2.24. The lowest BCUT2D eigenvalue weighted by Gasteiger charge is -2.29. The lowest BCUT2D eigenvalue weighted by molar-refractivity contribution is -0.141. The lowest BCUT2D eigenvalue weighted by Crippen LogP contribution is -2.44. The van der Waals surface area contributed by atoms with Crippen molar-refractivity contribution in [3.8, 4) is 0 Å². The Morgan fingerprint density at radius 3 is 2.41 bits per heavy atom. The topological polar surface area (TPSA) is 53.8 Å². The van der Waals surface area contributed by atoms with Gasteiger partial charge in [-0.05, 0) is 42.4 Å². The van der Waals surface area contributed by atoms with Crippen molar-refractivity contribution < 1.29 is 14.0 Å². The fourth-order valence-electron chi connectivity index (χ4n) is 4.53. The lowest BCUT2D eigenvalue weighted by atomic mass is 10.0. The van der Waals surface area contributed by atoms with Crippen molar-refractivity contribution in [1.29, 1.82) is 0 Å². The van der Waals surface area contributed by atoms with E-state index in [1.807, 2.05) is 35.2 Å².